The van der Waals surface area contributed by atoms with Gasteiger partial charge in [0.1, 0.15) is 0 Å². The fraction of sp³-hybridized carbons (Fsp3) is 0. The molecule has 0 unspecified atom stereocenters. The quantitative estimate of drug-likeness (QED) is 0.490. The fourth-order valence-electron chi connectivity index (χ4n) is 2.84. The Kier molecular flexibility index (Phi) is 1.85. The van der Waals surface area contributed by atoms with E-state index in [1.807, 2.05) is 48.5 Å². The standard InChI is InChI=1S/C16H9NO2/c18-15-13-11-7-3-1-5-9(11)10-6-2-4-8-12(10)14(13)16(19)17-15/h1-8H,(H,17,18,19). The number of rotatable bonds is 0. The van der Waals surface area contributed by atoms with E-state index < -0.39 is 0 Å². The number of carbonyl (C=O) groups excluding carboxylic acids is 2. The SMILES string of the molecule is O=C1NC(=O)c2c1c1ccccc1c1ccccc21. The van der Waals surface area contributed by atoms with E-state index in [1.54, 1.807) is 0 Å². The lowest BCUT2D eigenvalue weighted by Gasteiger charge is -2.08. The fourth-order valence-corrected chi connectivity index (χ4v) is 2.84. The van der Waals surface area contributed by atoms with Crippen LogP contribution in [0.1, 0.15) is 20.7 Å². The molecule has 1 N–H and O–H groups in total. The zero-order valence-electron chi connectivity index (χ0n) is 9.94. The molecule has 0 spiro atoms. The zero-order valence-corrected chi connectivity index (χ0v) is 9.94. The molecule has 90 valence electrons. The summed E-state index contributed by atoms with van der Waals surface area (Å²) in [5.41, 5.74) is 0.999. The average molecular weight is 247 g/mol. The molecule has 3 aromatic carbocycles. The van der Waals surface area contributed by atoms with E-state index in [4.69, 9.17) is 0 Å². The van der Waals surface area contributed by atoms with Gasteiger partial charge in [-0.15, -0.1) is 0 Å². The van der Waals surface area contributed by atoms with Crippen LogP contribution in [0.25, 0.3) is 21.5 Å². The Morgan fingerprint density at radius 1 is 0.579 bits per heavy atom. The molecular formula is C16H9NO2. The minimum atomic E-state index is -0.304. The summed E-state index contributed by atoms with van der Waals surface area (Å²) in [5.74, 6) is -0.607. The summed E-state index contributed by atoms with van der Waals surface area (Å²) in [6, 6.07) is 15.4. The molecule has 2 amide bonds. The highest BCUT2D eigenvalue weighted by molar-refractivity contribution is 6.33. The molecule has 4 rings (SSSR count). The predicted molar refractivity (Wildman–Crippen MR) is 73.3 cm³/mol. The maximum absolute atomic E-state index is 12.0. The molecule has 0 fully saturated rings. The van der Waals surface area contributed by atoms with Gasteiger partial charge >= 0.3 is 0 Å². The van der Waals surface area contributed by atoms with Gasteiger partial charge in [-0.25, -0.2) is 0 Å². The van der Waals surface area contributed by atoms with Crippen LogP contribution in [0.2, 0.25) is 0 Å². The highest BCUT2D eigenvalue weighted by Gasteiger charge is 2.31. The van der Waals surface area contributed by atoms with E-state index in [2.05, 4.69) is 5.32 Å². The van der Waals surface area contributed by atoms with Crippen molar-refractivity contribution in [1.82, 2.24) is 5.32 Å². The van der Waals surface area contributed by atoms with Gasteiger partial charge in [0.25, 0.3) is 11.8 Å². The smallest absolute Gasteiger partial charge is 0.259 e. The van der Waals surface area contributed by atoms with Crippen molar-refractivity contribution in [3.05, 3.63) is 59.7 Å². The van der Waals surface area contributed by atoms with Gasteiger partial charge in [0, 0.05) is 0 Å². The van der Waals surface area contributed by atoms with Gasteiger partial charge in [0.2, 0.25) is 0 Å². The Morgan fingerprint density at radius 3 is 1.37 bits per heavy atom. The molecule has 19 heavy (non-hydrogen) atoms. The van der Waals surface area contributed by atoms with E-state index in [-0.39, 0.29) is 11.8 Å². The van der Waals surface area contributed by atoms with Crippen molar-refractivity contribution >= 4 is 33.4 Å². The molecular weight excluding hydrogens is 238 g/mol. The van der Waals surface area contributed by atoms with Crippen LogP contribution >= 0.6 is 0 Å². The summed E-state index contributed by atoms with van der Waals surface area (Å²) in [6.45, 7) is 0. The van der Waals surface area contributed by atoms with Crippen LogP contribution < -0.4 is 5.32 Å². The predicted octanol–water partition coefficient (Wildman–Crippen LogP) is 2.88. The molecule has 0 saturated carbocycles. The molecule has 0 aliphatic carbocycles. The van der Waals surface area contributed by atoms with Gasteiger partial charge in [-0.3, -0.25) is 14.9 Å². The minimum absolute atomic E-state index is 0.304. The van der Waals surface area contributed by atoms with Crippen LogP contribution in [0.4, 0.5) is 0 Å². The van der Waals surface area contributed by atoms with Crippen LogP contribution in [0.15, 0.2) is 48.5 Å². The first-order chi connectivity index (χ1) is 9.27. The van der Waals surface area contributed by atoms with E-state index in [0.717, 1.165) is 21.5 Å². The van der Waals surface area contributed by atoms with Gasteiger partial charge in [-0.05, 0) is 21.5 Å². The van der Waals surface area contributed by atoms with Crippen molar-refractivity contribution in [2.45, 2.75) is 0 Å². The third kappa shape index (κ3) is 1.21. The van der Waals surface area contributed by atoms with Crippen LogP contribution in [-0.4, -0.2) is 11.8 Å². The maximum atomic E-state index is 12.0. The van der Waals surface area contributed by atoms with Crippen LogP contribution in [-0.2, 0) is 0 Å². The normalized spacial score (nSPS) is 13.9. The maximum Gasteiger partial charge on any atom is 0.259 e. The van der Waals surface area contributed by atoms with Gasteiger partial charge in [0.05, 0.1) is 11.1 Å². The monoisotopic (exact) mass is 247 g/mol. The first kappa shape index (κ1) is 10.3. The lowest BCUT2D eigenvalue weighted by atomic mass is 9.93. The summed E-state index contributed by atoms with van der Waals surface area (Å²) >= 11 is 0. The first-order valence-electron chi connectivity index (χ1n) is 6.06. The van der Waals surface area contributed by atoms with Gasteiger partial charge in [0.15, 0.2) is 0 Å². The largest absolute Gasteiger partial charge is 0.288 e. The highest BCUT2D eigenvalue weighted by Crippen LogP contribution is 2.34. The molecule has 3 aromatic rings. The number of fused-ring (bicyclic) bond motifs is 6. The number of hydrogen-bond acceptors (Lipinski definition) is 2. The summed E-state index contributed by atoms with van der Waals surface area (Å²) in [6.07, 6.45) is 0. The lowest BCUT2D eigenvalue weighted by molar-refractivity contribution is 0.0880. The summed E-state index contributed by atoms with van der Waals surface area (Å²) in [5, 5.41) is 6.06. The molecule has 0 radical (unpaired) electrons. The molecule has 3 nitrogen and oxygen atoms in total. The van der Waals surface area contributed by atoms with Crippen molar-refractivity contribution in [3.63, 3.8) is 0 Å². The number of hydrogen-bond donors (Lipinski definition) is 1. The molecule has 3 heteroatoms. The Bertz CT molecular complexity index is 808. The van der Waals surface area contributed by atoms with Gasteiger partial charge < -0.3 is 0 Å². The van der Waals surface area contributed by atoms with Gasteiger partial charge in [-0.2, -0.15) is 0 Å². The molecule has 0 atom stereocenters. The molecule has 0 bridgehead atoms. The molecule has 1 heterocycles. The van der Waals surface area contributed by atoms with E-state index in [1.165, 1.54) is 0 Å². The number of benzene rings is 3. The van der Waals surface area contributed by atoms with Crippen molar-refractivity contribution in [1.29, 1.82) is 0 Å². The van der Waals surface area contributed by atoms with E-state index >= 15 is 0 Å². The lowest BCUT2D eigenvalue weighted by Crippen LogP contribution is -2.20. The topological polar surface area (TPSA) is 46.2 Å². The average Bonchev–Trinajstić information content (AvgIpc) is 2.75. The van der Waals surface area contributed by atoms with Crippen molar-refractivity contribution in [2.75, 3.05) is 0 Å². The van der Waals surface area contributed by atoms with E-state index in [0.29, 0.717) is 11.1 Å². The van der Waals surface area contributed by atoms with Gasteiger partial charge in [-0.1, -0.05) is 48.5 Å². The van der Waals surface area contributed by atoms with Crippen molar-refractivity contribution < 1.29 is 9.59 Å². The Labute approximate surface area is 108 Å². The summed E-state index contributed by atoms with van der Waals surface area (Å²) < 4.78 is 0. The third-order valence-electron chi connectivity index (χ3n) is 3.61. The Morgan fingerprint density at radius 2 is 0.947 bits per heavy atom. The Balaban J connectivity index is 2.38. The summed E-state index contributed by atoms with van der Waals surface area (Å²) in [7, 11) is 0. The van der Waals surface area contributed by atoms with Crippen LogP contribution in [0, 0.1) is 0 Å². The zero-order chi connectivity index (χ0) is 13.0. The molecule has 0 saturated heterocycles. The highest BCUT2D eigenvalue weighted by atomic mass is 16.2. The van der Waals surface area contributed by atoms with E-state index in [9.17, 15) is 9.59 Å². The number of amides is 2. The summed E-state index contributed by atoms with van der Waals surface area (Å²) in [4.78, 5) is 24.0. The minimum Gasteiger partial charge on any atom is -0.288 e. The molecule has 1 aliphatic heterocycles. The molecule has 0 aromatic heterocycles. The number of nitrogens with one attached hydrogen (secondary N) is 1. The van der Waals surface area contributed by atoms with Crippen molar-refractivity contribution in [3.8, 4) is 0 Å². The second-order valence-corrected chi connectivity index (χ2v) is 4.62. The van der Waals surface area contributed by atoms with Crippen molar-refractivity contribution in [2.24, 2.45) is 0 Å². The Hall–Kier alpha value is -2.68. The second-order valence-electron chi connectivity index (χ2n) is 4.62. The first-order valence-corrected chi connectivity index (χ1v) is 6.06. The third-order valence-corrected chi connectivity index (χ3v) is 3.61. The molecule has 1 aliphatic rings. The second kappa shape index (κ2) is 3.42. The number of imide groups is 1. The van der Waals surface area contributed by atoms with Crippen LogP contribution in [0.5, 0.6) is 0 Å². The number of carbonyl (C=O) groups is 2. The van der Waals surface area contributed by atoms with Crippen LogP contribution in [0.3, 0.4) is 0 Å².